The van der Waals surface area contributed by atoms with Gasteiger partial charge in [0.05, 0.1) is 0 Å². The molecule has 0 atom stereocenters. The van der Waals surface area contributed by atoms with Crippen molar-refractivity contribution in [2.75, 3.05) is 6.26 Å². The maximum Gasteiger partial charge on any atom is 0.0100 e. The summed E-state index contributed by atoms with van der Waals surface area (Å²) in [7, 11) is 0. The summed E-state index contributed by atoms with van der Waals surface area (Å²) in [6, 6.07) is 0. The third-order valence-corrected chi connectivity index (χ3v) is 2.91. The second-order valence-electron chi connectivity index (χ2n) is 2.99. The van der Waals surface area contributed by atoms with Gasteiger partial charge in [-0.3, -0.25) is 0 Å². The van der Waals surface area contributed by atoms with E-state index in [1.807, 2.05) is 17.8 Å². The summed E-state index contributed by atoms with van der Waals surface area (Å²) in [6.07, 6.45) is 11.1. The first-order chi connectivity index (χ1) is 5.83. The first-order valence-electron chi connectivity index (χ1n) is 4.36. The number of rotatable bonds is 4. The molecule has 1 heteroatoms. The maximum absolute atomic E-state index is 3.73. The number of allylic oxidation sites excluding steroid dienone is 4. The fourth-order valence-corrected chi connectivity index (χ4v) is 2.12. The minimum absolute atomic E-state index is 0.841. The highest BCUT2D eigenvalue weighted by molar-refractivity contribution is 8.02. The lowest BCUT2D eigenvalue weighted by atomic mass is 10.1. The fraction of sp³-hybridized carbons (Fsp3) is 0.455. The van der Waals surface area contributed by atoms with Gasteiger partial charge in [0.25, 0.3) is 0 Å². The van der Waals surface area contributed by atoms with Crippen LogP contribution in [0.2, 0.25) is 0 Å². The monoisotopic (exact) mass is 180 g/mol. The standard InChI is InChI=1S/C11H16S/c1-4-6-11(12-3)10(5-2)9-7-8-9/h4-6,9H,1,7-8H2,2-3H3/b10-5-,11-6+. The second-order valence-corrected chi connectivity index (χ2v) is 3.84. The van der Waals surface area contributed by atoms with Gasteiger partial charge in [0.1, 0.15) is 0 Å². The molecule has 0 unspecified atom stereocenters. The third-order valence-electron chi connectivity index (χ3n) is 2.10. The van der Waals surface area contributed by atoms with E-state index in [4.69, 9.17) is 0 Å². The highest BCUT2D eigenvalue weighted by Crippen LogP contribution is 2.42. The van der Waals surface area contributed by atoms with Crippen molar-refractivity contribution < 1.29 is 0 Å². The normalized spacial score (nSPS) is 19.5. The molecule has 0 N–H and O–H groups in total. The molecule has 1 aliphatic carbocycles. The van der Waals surface area contributed by atoms with Gasteiger partial charge >= 0.3 is 0 Å². The van der Waals surface area contributed by atoms with Crippen LogP contribution >= 0.6 is 11.8 Å². The molecule has 0 radical (unpaired) electrons. The molecule has 0 saturated heterocycles. The molecule has 0 aliphatic heterocycles. The van der Waals surface area contributed by atoms with Crippen LogP contribution in [-0.4, -0.2) is 6.26 Å². The van der Waals surface area contributed by atoms with Crippen LogP contribution in [0.4, 0.5) is 0 Å². The van der Waals surface area contributed by atoms with Crippen molar-refractivity contribution >= 4 is 11.8 Å². The van der Waals surface area contributed by atoms with Crippen molar-refractivity contribution in [2.24, 2.45) is 5.92 Å². The molecular weight excluding hydrogens is 164 g/mol. The molecule has 0 heterocycles. The van der Waals surface area contributed by atoms with E-state index in [2.05, 4.69) is 31.9 Å². The van der Waals surface area contributed by atoms with Crippen molar-refractivity contribution in [3.05, 3.63) is 35.3 Å². The molecule has 0 spiro atoms. The van der Waals surface area contributed by atoms with Gasteiger partial charge in [0.2, 0.25) is 0 Å². The van der Waals surface area contributed by atoms with Crippen LogP contribution in [0, 0.1) is 5.92 Å². The molecule has 0 aromatic carbocycles. The highest BCUT2D eigenvalue weighted by atomic mass is 32.2. The Kier molecular flexibility index (Phi) is 3.67. The van der Waals surface area contributed by atoms with E-state index < -0.39 is 0 Å². The molecule has 1 saturated carbocycles. The summed E-state index contributed by atoms with van der Waals surface area (Å²) >= 11 is 1.82. The smallest absolute Gasteiger partial charge is 0.0100 e. The Bertz CT molecular complexity index is 219. The van der Waals surface area contributed by atoms with Gasteiger partial charge in [-0.1, -0.05) is 18.7 Å². The van der Waals surface area contributed by atoms with Crippen molar-refractivity contribution in [1.82, 2.24) is 0 Å². The summed E-state index contributed by atoms with van der Waals surface area (Å²) in [5.41, 5.74) is 1.52. The summed E-state index contributed by atoms with van der Waals surface area (Å²) in [6.45, 7) is 5.85. The topological polar surface area (TPSA) is 0 Å². The van der Waals surface area contributed by atoms with E-state index in [-0.39, 0.29) is 0 Å². The molecule has 0 amide bonds. The Morgan fingerprint density at radius 1 is 1.50 bits per heavy atom. The lowest BCUT2D eigenvalue weighted by molar-refractivity contribution is 1.04. The zero-order valence-corrected chi connectivity index (χ0v) is 8.66. The Morgan fingerprint density at radius 2 is 2.17 bits per heavy atom. The zero-order valence-electron chi connectivity index (χ0n) is 7.84. The van der Waals surface area contributed by atoms with E-state index in [9.17, 15) is 0 Å². The highest BCUT2D eigenvalue weighted by Gasteiger charge is 2.26. The molecule has 0 aromatic rings. The minimum Gasteiger partial charge on any atom is -0.129 e. The molecule has 0 nitrogen and oxygen atoms in total. The van der Waals surface area contributed by atoms with Gasteiger partial charge < -0.3 is 0 Å². The number of thioether (sulfide) groups is 1. The Hall–Kier alpha value is -0.430. The van der Waals surface area contributed by atoms with Crippen molar-refractivity contribution in [1.29, 1.82) is 0 Å². The molecule has 66 valence electrons. The van der Waals surface area contributed by atoms with Crippen LogP contribution in [0.5, 0.6) is 0 Å². The van der Waals surface area contributed by atoms with Crippen LogP contribution in [-0.2, 0) is 0 Å². The van der Waals surface area contributed by atoms with Crippen LogP contribution in [0.15, 0.2) is 35.3 Å². The Morgan fingerprint density at radius 3 is 2.50 bits per heavy atom. The van der Waals surface area contributed by atoms with Crippen LogP contribution in [0.1, 0.15) is 19.8 Å². The number of hydrogen-bond donors (Lipinski definition) is 0. The average Bonchev–Trinajstić information content (AvgIpc) is 2.88. The first kappa shape index (κ1) is 9.66. The van der Waals surface area contributed by atoms with Crippen LogP contribution in [0.25, 0.3) is 0 Å². The van der Waals surface area contributed by atoms with E-state index in [0.29, 0.717) is 0 Å². The van der Waals surface area contributed by atoms with E-state index in [1.165, 1.54) is 23.3 Å². The van der Waals surface area contributed by atoms with E-state index >= 15 is 0 Å². The average molecular weight is 180 g/mol. The fourth-order valence-electron chi connectivity index (χ4n) is 1.36. The van der Waals surface area contributed by atoms with Crippen LogP contribution in [0.3, 0.4) is 0 Å². The minimum atomic E-state index is 0.841. The van der Waals surface area contributed by atoms with Crippen molar-refractivity contribution in [3.8, 4) is 0 Å². The van der Waals surface area contributed by atoms with Crippen molar-refractivity contribution in [3.63, 3.8) is 0 Å². The third kappa shape index (κ3) is 2.28. The van der Waals surface area contributed by atoms with E-state index in [0.717, 1.165) is 5.92 Å². The van der Waals surface area contributed by atoms with Gasteiger partial charge in [-0.05, 0) is 43.6 Å². The second kappa shape index (κ2) is 4.56. The molecular formula is C11H16S. The lowest BCUT2D eigenvalue weighted by Gasteiger charge is -2.06. The van der Waals surface area contributed by atoms with Gasteiger partial charge in [-0.2, -0.15) is 0 Å². The molecule has 1 aliphatic rings. The van der Waals surface area contributed by atoms with Crippen LogP contribution < -0.4 is 0 Å². The number of hydrogen-bond acceptors (Lipinski definition) is 1. The molecule has 0 bridgehead atoms. The maximum atomic E-state index is 3.73. The van der Waals surface area contributed by atoms with Gasteiger partial charge in [0.15, 0.2) is 0 Å². The zero-order chi connectivity index (χ0) is 8.97. The Labute approximate surface area is 79.4 Å². The molecule has 12 heavy (non-hydrogen) atoms. The lowest BCUT2D eigenvalue weighted by Crippen LogP contribution is -1.87. The molecule has 1 fully saturated rings. The van der Waals surface area contributed by atoms with Gasteiger partial charge in [-0.15, -0.1) is 11.8 Å². The predicted molar refractivity (Wildman–Crippen MR) is 58.3 cm³/mol. The quantitative estimate of drug-likeness (QED) is 0.593. The predicted octanol–water partition coefficient (Wildman–Crippen LogP) is 3.78. The largest absolute Gasteiger partial charge is 0.129 e. The molecule has 0 aromatic heterocycles. The summed E-state index contributed by atoms with van der Waals surface area (Å²) in [5, 5.41) is 0. The van der Waals surface area contributed by atoms with Gasteiger partial charge in [-0.25, -0.2) is 0 Å². The van der Waals surface area contributed by atoms with E-state index in [1.54, 1.807) is 0 Å². The van der Waals surface area contributed by atoms with Crippen molar-refractivity contribution in [2.45, 2.75) is 19.8 Å². The summed E-state index contributed by atoms with van der Waals surface area (Å²) < 4.78 is 0. The molecule has 1 rings (SSSR count). The SMILES string of the molecule is C=C/C=C(SC)\C(=C/C)C1CC1. The first-order valence-corrected chi connectivity index (χ1v) is 5.59. The summed E-state index contributed by atoms with van der Waals surface area (Å²) in [5.74, 6) is 0.841. The summed E-state index contributed by atoms with van der Waals surface area (Å²) in [4.78, 5) is 1.38. The van der Waals surface area contributed by atoms with Gasteiger partial charge in [0, 0.05) is 4.91 Å². The Balaban J connectivity index is 2.74.